The summed E-state index contributed by atoms with van der Waals surface area (Å²) < 4.78 is 5.18. The number of nitrogen functional groups attached to an aromatic ring is 1. The molecule has 0 aromatic heterocycles. The number of thioether (sulfide) groups is 1. The second-order valence-corrected chi connectivity index (χ2v) is 4.86. The van der Waals surface area contributed by atoms with Crippen LogP contribution in [0.5, 0.6) is 5.75 Å². The lowest BCUT2D eigenvalue weighted by atomic mass is 10.2. The van der Waals surface area contributed by atoms with E-state index in [0.29, 0.717) is 0 Å². The van der Waals surface area contributed by atoms with E-state index in [0.717, 1.165) is 23.1 Å². The molecule has 0 fully saturated rings. The second-order valence-electron chi connectivity index (χ2n) is 3.77. The van der Waals surface area contributed by atoms with E-state index in [1.54, 1.807) is 7.11 Å². The van der Waals surface area contributed by atoms with Gasteiger partial charge in [0.2, 0.25) is 0 Å². The Bertz CT molecular complexity index is 314. The summed E-state index contributed by atoms with van der Waals surface area (Å²) in [6.07, 6.45) is 1.21. The summed E-state index contributed by atoms with van der Waals surface area (Å²) in [4.78, 5) is 1.19. The van der Waals surface area contributed by atoms with E-state index < -0.39 is 0 Å². The zero-order valence-corrected chi connectivity index (χ0v) is 10.4. The van der Waals surface area contributed by atoms with Gasteiger partial charge in [0.1, 0.15) is 5.75 Å². The van der Waals surface area contributed by atoms with Gasteiger partial charge in [-0.15, -0.1) is 11.8 Å². The van der Waals surface area contributed by atoms with E-state index in [4.69, 9.17) is 10.5 Å². The van der Waals surface area contributed by atoms with Crippen molar-refractivity contribution in [1.29, 1.82) is 0 Å². The Labute approximate surface area is 96.2 Å². The van der Waals surface area contributed by atoms with Crippen molar-refractivity contribution in [3.63, 3.8) is 0 Å². The molecule has 15 heavy (non-hydrogen) atoms. The summed E-state index contributed by atoms with van der Waals surface area (Å²) in [6.45, 7) is 4.47. The Morgan fingerprint density at radius 1 is 1.40 bits per heavy atom. The van der Waals surface area contributed by atoms with Crippen molar-refractivity contribution in [2.75, 3.05) is 18.6 Å². The van der Waals surface area contributed by atoms with Gasteiger partial charge in [-0.3, -0.25) is 0 Å². The minimum absolute atomic E-state index is 0.738. The Balaban J connectivity index is 2.64. The van der Waals surface area contributed by atoms with Crippen LogP contribution in [0, 0.1) is 5.92 Å². The first-order valence-corrected chi connectivity index (χ1v) is 6.21. The lowest BCUT2D eigenvalue weighted by Gasteiger charge is -2.09. The molecule has 0 amide bonds. The molecule has 2 nitrogen and oxygen atoms in total. The van der Waals surface area contributed by atoms with Crippen LogP contribution >= 0.6 is 11.8 Å². The summed E-state index contributed by atoms with van der Waals surface area (Å²) in [5, 5.41) is 0. The Morgan fingerprint density at radius 2 is 2.13 bits per heavy atom. The van der Waals surface area contributed by atoms with Gasteiger partial charge in [0, 0.05) is 22.4 Å². The molecule has 2 N–H and O–H groups in total. The maximum atomic E-state index is 5.78. The van der Waals surface area contributed by atoms with Gasteiger partial charge in [-0.05, 0) is 18.1 Å². The fourth-order valence-corrected chi connectivity index (χ4v) is 2.28. The van der Waals surface area contributed by atoms with Gasteiger partial charge in [0.05, 0.1) is 7.11 Å². The summed E-state index contributed by atoms with van der Waals surface area (Å²) in [7, 11) is 1.66. The van der Waals surface area contributed by atoms with E-state index in [1.165, 1.54) is 11.3 Å². The van der Waals surface area contributed by atoms with Crippen molar-refractivity contribution >= 4 is 17.4 Å². The zero-order chi connectivity index (χ0) is 11.3. The van der Waals surface area contributed by atoms with Gasteiger partial charge in [0.15, 0.2) is 0 Å². The molecule has 1 atom stereocenters. The highest BCUT2D eigenvalue weighted by molar-refractivity contribution is 7.99. The predicted octanol–water partition coefficient (Wildman–Crippen LogP) is 3.42. The number of hydrogen-bond donors (Lipinski definition) is 1. The average molecular weight is 225 g/mol. The molecule has 0 radical (unpaired) electrons. The average Bonchev–Trinajstić information content (AvgIpc) is 2.25. The molecule has 84 valence electrons. The van der Waals surface area contributed by atoms with Crippen molar-refractivity contribution in [3.8, 4) is 5.75 Å². The number of nitrogens with two attached hydrogens (primary N) is 1. The quantitative estimate of drug-likeness (QED) is 0.616. The smallest absolute Gasteiger partial charge is 0.122 e. The standard InChI is InChI=1S/C12H19NOS/c1-4-9(2)8-15-12-6-10(13)5-11(7-12)14-3/h5-7,9H,4,8,13H2,1-3H3. The molecular formula is C12H19NOS. The zero-order valence-electron chi connectivity index (χ0n) is 9.62. The van der Waals surface area contributed by atoms with Gasteiger partial charge < -0.3 is 10.5 Å². The van der Waals surface area contributed by atoms with Crippen molar-refractivity contribution in [2.24, 2.45) is 5.92 Å². The fraction of sp³-hybridized carbons (Fsp3) is 0.500. The van der Waals surface area contributed by atoms with Crippen LogP contribution in [0.15, 0.2) is 23.1 Å². The van der Waals surface area contributed by atoms with E-state index in [9.17, 15) is 0 Å². The minimum Gasteiger partial charge on any atom is -0.497 e. The highest BCUT2D eigenvalue weighted by atomic mass is 32.2. The first kappa shape index (κ1) is 12.2. The molecule has 0 aliphatic carbocycles. The molecule has 1 rings (SSSR count). The summed E-state index contributed by atoms with van der Waals surface area (Å²) in [5.74, 6) is 2.70. The lowest BCUT2D eigenvalue weighted by molar-refractivity contribution is 0.414. The third-order valence-electron chi connectivity index (χ3n) is 2.37. The fourth-order valence-electron chi connectivity index (χ4n) is 1.15. The molecule has 0 aliphatic rings. The molecule has 1 aromatic carbocycles. The Morgan fingerprint density at radius 3 is 2.73 bits per heavy atom. The van der Waals surface area contributed by atoms with Crippen LogP contribution < -0.4 is 10.5 Å². The molecule has 0 saturated carbocycles. The first-order valence-electron chi connectivity index (χ1n) is 5.23. The molecule has 1 unspecified atom stereocenters. The number of ether oxygens (including phenoxy) is 1. The molecule has 3 heteroatoms. The molecule has 0 aliphatic heterocycles. The maximum absolute atomic E-state index is 5.78. The third kappa shape index (κ3) is 4.04. The van der Waals surface area contributed by atoms with E-state index in [-0.39, 0.29) is 0 Å². The molecule has 0 saturated heterocycles. The number of anilines is 1. The van der Waals surface area contributed by atoms with E-state index in [2.05, 4.69) is 13.8 Å². The van der Waals surface area contributed by atoms with E-state index >= 15 is 0 Å². The van der Waals surface area contributed by atoms with Crippen molar-refractivity contribution in [1.82, 2.24) is 0 Å². The van der Waals surface area contributed by atoms with Crippen LogP contribution in [0.1, 0.15) is 20.3 Å². The maximum Gasteiger partial charge on any atom is 0.122 e. The first-order chi connectivity index (χ1) is 7.15. The van der Waals surface area contributed by atoms with Crippen LogP contribution in [0.25, 0.3) is 0 Å². The van der Waals surface area contributed by atoms with Crippen molar-refractivity contribution in [3.05, 3.63) is 18.2 Å². The van der Waals surface area contributed by atoms with Gasteiger partial charge in [-0.1, -0.05) is 20.3 Å². The molecule has 0 heterocycles. The topological polar surface area (TPSA) is 35.2 Å². The van der Waals surface area contributed by atoms with Crippen LogP contribution in [0.3, 0.4) is 0 Å². The second kappa shape index (κ2) is 5.91. The summed E-state index contributed by atoms with van der Waals surface area (Å²) >= 11 is 1.84. The third-order valence-corrected chi connectivity index (χ3v) is 3.67. The highest BCUT2D eigenvalue weighted by Crippen LogP contribution is 2.28. The van der Waals surface area contributed by atoms with Crippen molar-refractivity contribution in [2.45, 2.75) is 25.2 Å². The van der Waals surface area contributed by atoms with Gasteiger partial charge in [-0.2, -0.15) is 0 Å². The highest BCUT2D eigenvalue weighted by Gasteiger charge is 2.03. The monoisotopic (exact) mass is 225 g/mol. The SMILES string of the molecule is CCC(C)CSc1cc(N)cc(OC)c1. The summed E-state index contributed by atoms with van der Waals surface area (Å²) in [5.41, 5.74) is 6.55. The number of methoxy groups -OCH3 is 1. The molecule has 1 aromatic rings. The van der Waals surface area contributed by atoms with Gasteiger partial charge >= 0.3 is 0 Å². The largest absolute Gasteiger partial charge is 0.497 e. The molecule has 0 spiro atoms. The number of hydrogen-bond acceptors (Lipinski definition) is 3. The molecule has 0 bridgehead atoms. The Kier molecular flexibility index (Phi) is 4.82. The summed E-state index contributed by atoms with van der Waals surface area (Å²) in [6, 6.07) is 5.87. The van der Waals surface area contributed by atoms with Crippen LogP contribution in [0.2, 0.25) is 0 Å². The van der Waals surface area contributed by atoms with Crippen LogP contribution in [-0.2, 0) is 0 Å². The Hall–Kier alpha value is -0.830. The minimum atomic E-state index is 0.738. The van der Waals surface area contributed by atoms with Crippen LogP contribution in [0.4, 0.5) is 5.69 Å². The van der Waals surface area contributed by atoms with E-state index in [1.807, 2.05) is 30.0 Å². The normalized spacial score (nSPS) is 12.5. The van der Waals surface area contributed by atoms with Gasteiger partial charge in [0.25, 0.3) is 0 Å². The predicted molar refractivity (Wildman–Crippen MR) is 67.6 cm³/mol. The van der Waals surface area contributed by atoms with Crippen molar-refractivity contribution < 1.29 is 4.74 Å². The number of benzene rings is 1. The molecular weight excluding hydrogens is 206 g/mol. The lowest BCUT2D eigenvalue weighted by Crippen LogP contribution is -1.96. The number of rotatable bonds is 5. The van der Waals surface area contributed by atoms with Gasteiger partial charge in [-0.25, -0.2) is 0 Å². The van der Waals surface area contributed by atoms with Crippen LogP contribution in [-0.4, -0.2) is 12.9 Å².